The maximum Gasteiger partial charge on any atom is 0.132 e. The van der Waals surface area contributed by atoms with Gasteiger partial charge in [0, 0.05) is 486 Å². The van der Waals surface area contributed by atoms with Crippen molar-refractivity contribution in [1.82, 2.24) is 0 Å². The van der Waals surface area contributed by atoms with Gasteiger partial charge in [-0.2, -0.15) is 0 Å². The molecule has 1 nitrogen and oxygen atoms in total. The average Bonchev–Trinajstić information content (AvgIpc) is 1.12. The van der Waals surface area contributed by atoms with Crippen LogP contribution in [0.3, 0.4) is 0 Å². The number of hydrogen-bond donors (Lipinski definition) is 0. The van der Waals surface area contributed by atoms with E-state index in [1.54, 1.807) is 33.8 Å². The van der Waals surface area contributed by atoms with Gasteiger partial charge in [-0.1, -0.05) is 62.3 Å². The molecule has 562 valence electrons. The van der Waals surface area contributed by atoms with Crippen LogP contribution in [0.4, 0.5) is 0 Å². The van der Waals surface area contributed by atoms with Crippen molar-refractivity contribution in [1.29, 1.82) is 0 Å². The van der Waals surface area contributed by atoms with Gasteiger partial charge in [-0.15, -0.1) is 0 Å². The third kappa shape index (κ3) is 122. The molecule has 0 radical (unpaired) electrons. The Labute approximate surface area is 784 Å². The highest BCUT2D eigenvalue weighted by Crippen LogP contribution is 1.91. The van der Waals surface area contributed by atoms with Crippen LogP contribution in [0.5, 0.6) is 0 Å². The predicted octanol–water partition coefficient (Wildman–Crippen LogP) is 5.76. The van der Waals surface area contributed by atoms with E-state index >= 15 is 0 Å². The van der Waals surface area contributed by atoms with Crippen molar-refractivity contribution in [2.75, 3.05) is 0 Å². The highest BCUT2D eigenvalue weighted by molar-refractivity contribution is 5.78. The summed E-state index contributed by atoms with van der Waals surface area (Å²) in [5.74, 6) is 292. The Balaban J connectivity index is -0.00000110. The zero-order chi connectivity index (χ0) is 96.0. The number of carbonyl (C=O) groups excluding carboxylic acids is 1. The topological polar surface area (TPSA) is 17.1 Å². The third-order valence-corrected chi connectivity index (χ3v) is 8.65. The molecule has 0 aromatic rings. The molecule has 0 saturated carbocycles. The molecule has 0 rings (SSSR count). The molecule has 0 unspecified atom stereocenters. The second-order valence-corrected chi connectivity index (χ2v) is 17.7. The number of hydrogen-bond acceptors (Lipinski definition) is 1. The summed E-state index contributed by atoms with van der Waals surface area (Å²) < 4.78 is 0. The number of allylic oxidation sites excluding steroid dienone is 2. The van der Waals surface area contributed by atoms with Crippen LogP contribution in [-0.2, 0) is 4.79 Å². The first-order chi connectivity index (χ1) is 65.4. The van der Waals surface area contributed by atoms with Gasteiger partial charge < -0.3 is 0 Å². The second-order valence-electron chi connectivity index (χ2n) is 17.7. The number of Topliss-reactive ketones (excluding diaryl/α,β-unsaturated/α-hetero) is 1. The maximum absolute atomic E-state index is 10.4. The summed E-state index contributed by atoms with van der Waals surface area (Å²) in [4.78, 5) is 10.4. The molecule has 0 aliphatic rings. The molecular weight excluding hydrogens is 1590 g/mol. The summed E-state index contributed by atoms with van der Waals surface area (Å²) in [6.45, 7) is 19.6. The lowest BCUT2D eigenvalue weighted by Crippen LogP contribution is -1.91. The Morgan fingerprint density at radius 2 is 0.220 bits per heavy atom. The van der Waals surface area contributed by atoms with E-state index in [4.69, 9.17) is 0 Å². The Hall–Kier alpha value is -26.4. The molecule has 132 heavy (non-hydrogen) atoms. The number of rotatable bonds is 4. The van der Waals surface area contributed by atoms with Gasteiger partial charge in [0.15, 0.2) is 0 Å². The van der Waals surface area contributed by atoms with Crippen molar-refractivity contribution < 1.29 is 4.79 Å². The molecular formula is C131H32O. The van der Waals surface area contributed by atoms with Crippen LogP contribution in [0, 0.1) is 687 Å². The minimum absolute atomic E-state index is 0.377. The van der Waals surface area contributed by atoms with E-state index in [2.05, 4.69) is 700 Å². The number of ketones is 1. The van der Waals surface area contributed by atoms with Crippen LogP contribution in [0.25, 0.3) is 0 Å². The molecule has 0 aliphatic carbocycles. The van der Waals surface area contributed by atoms with Gasteiger partial charge in [-0.25, -0.2) is 0 Å². The molecule has 0 aliphatic heterocycles. The normalized spacial score (nSPS) is 4.33. The van der Waals surface area contributed by atoms with E-state index in [1.165, 1.54) is 0 Å². The average molecular weight is 1620 g/mol. The highest BCUT2D eigenvalue weighted by atomic mass is 16.1. The molecule has 0 aromatic heterocycles. The Bertz CT molecular complexity index is 7940. The van der Waals surface area contributed by atoms with Crippen LogP contribution < -0.4 is 0 Å². The van der Waals surface area contributed by atoms with Gasteiger partial charge in [-0.3, -0.25) is 4.79 Å². The van der Waals surface area contributed by atoms with Crippen LogP contribution in [-0.4, -0.2) is 5.78 Å². The van der Waals surface area contributed by atoms with Crippen LogP contribution >= 0.6 is 0 Å². The fourth-order valence-corrected chi connectivity index (χ4v) is 4.08. The van der Waals surface area contributed by atoms with Gasteiger partial charge in [0.2, 0.25) is 0 Å². The van der Waals surface area contributed by atoms with E-state index < -0.39 is 0 Å². The van der Waals surface area contributed by atoms with Crippen molar-refractivity contribution in [3.05, 3.63) is 24.8 Å². The van der Waals surface area contributed by atoms with Gasteiger partial charge in [0.1, 0.15) is 5.78 Å². The van der Waals surface area contributed by atoms with Crippen LogP contribution in [0.15, 0.2) is 24.8 Å². The lowest BCUT2D eigenvalue weighted by atomic mass is 10.2. The predicted molar refractivity (Wildman–Crippen MR) is 529 cm³/mol. The maximum atomic E-state index is 10.4. The SMILES string of the molecule is C=CC(=C)C.CC#CC#CC#CC#CC#CC#CC#CC#CC#CC#CC#CC#CC#CC#CC#CC#CC#CC#CC#CC#CC#CC#CC#CC#CC#CC#CC#CC#CC#CC.CC#CC#CC#CC#CC#CC#CC#CC#CC#CC#CC#CC#CC#CC#CC#CC#CC#CC#CC#CC#CC#CC#CC#CC#CC#CC#CC#CC#CC#CC.CCCC(=O)CC. The van der Waals surface area contributed by atoms with Gasteiger partial charge in [0.05, 0.1) is 0 Å². The molecule has 0 bridgehead atoms. The zero-order valence-corrected chi connectivity index (χ0v) is 70.5. The monoisotopic (exact) mass is 1620 g/mol. The summed E-state index contributed by atoms with van der Waals surface area (Å²) in [6, 6.07) is 0. The Morgan fingerprint density at radius 1 is 0.159 bits per heavy atom. The summed E-state index contributed by atoms with van der Waals surface area (Å²) in [6.07, 6.45) is 4.18. The van der Waals surface area contributed by atoms with Crippen molar-refractivity contribution in [2.24, 2.45) is 0 Å². The summed E-state index contributed by atoms with van der Waals surface area (Å²) in [5.41, 5.74) is 1.02. The van der Waals surface area contributed by atoms with Crippen molar-refractivity contribution in [3.8, 4) is 687 Å². The third-order valence-electron chi connectivity index (χ3n) is 8.65. The van der Waals surface area contributed by atoms with E-state index in [1.807, 2.05) is 20.8 Å². The quantitative estimate of drug-likeness (QED) is 0.259. The minimum atomic E-state index is 0.377. The van der Waals surface area contributed by atoms with E-state index in [9.17, 15) is 4.79 Å². The van der Waals surface area contributed by atoms with E-state index in [0.717, 1.165) is 18.4 Å². The first-order valence-corrected chi connectivity index (χ1v) is 34.9. The van der Waals surface area contributed by atoms with Crippen molar-refractivity contribution in [2.45, 2.75) is 67.7 Å². The molecule has 0 aromatic carbocycles. The molecule has 0 spiro atoms. The summed E-state index contributed by atoms with van der Waals surface area (Å²) >= 11 is 0. The number of carbonyl (C=O) groups is 1. The first kappa shape index (κ1) is 112. The van der Waals surface area contributed by atoms with Gasteiger partial charge >= 0.3 is 0 Å². The fourth-order valence-electron chi connectivity index (χ4n) is 4.08. The molecule has 0 N–H and O–H groups in total. The largest absolute Gasteiger partial charge is 0.300 e. The Kier molecular flexibility index (Phi) is 96.0. The highest BCUT2D eigenvalue weighted by Gasteiger charge is 1.91. The molecule has 0 amide bonds. The zero-order valence-electron chi connectivity index (χ0n) is 70.5. The lowest BCUT2D eigenvalue weighted by molar-refractivity contribution is -0.118. The van der Waals surface area contributed by atoms with E-state index in [0.29, 0.717) is 12.2 Å². The second kappa shape index (κ2) is 113. The van der Waals surface area contributed by atoms with E-state index in [-0.39, 0.29) is 0 Å². The minimum Gasteiger partial charge on any atom is -0.300 e. The summed E-state index contributed by atoms with van der Waals surface area (Å²) in [5, 5.41) is 0. The first-order valence-electron chi connectivity index (χ1n) is 34.9. The molecule has 0 fully saturated rings. The Morgan fingerprint density at radius 3 is 0.250 bits per heavy atom. The molecule has 1 heteroatoms. The van der Waals surface area contributed by atoms with Crippen LogP contribution in [0.1, 0.15) is 67.7 Å². The standard InChI is InChI=1S/2C60H6.C6H12O.C5H8/c2*1-3-5-7-9-11-13-15-17-19-21-23-25-27-29-31-33-35-37-39-41-43-45-47-49-51-53-55-57-59-60-58-56-54-52-50-48-46-44-42-40-38-36-34-32-30-28-26-24-22-20-18-16-14-12-10-8-6-4-2;1-3-5-6(7)4-2;1-4-5(2)3/h2*1-2H3;3-5H2,1-2H3;4H,1-2H2,3H3. The van der Waals surface area contributed by atoms with Crippen molar-refractivity contribution in [3.63, 3.8) is 0 Å². The fraction of sp³-hybridized carbons (Fsp3) is 0.0763. The summed E-state index contributed by atoms with van der Waals surface area (Å²) in [7, 11) is 0. The molecule has 0 heterocycles. The van der Waals surface area contributed by atoms with Gasteiger partial charge in [0.25, 0.3) is 0 Å². The van der Waals surface area contributed by atoms with Gasteiger partial charge in [-0.05, 0) is 230 Å². The smallest absolute Gasteiger partial charge is 0.132 e. The molecule has 0 atom stereocenters. The molecule has 0 saturated heterocycles. The lowest BCUT2D eigenvalue weighted by Gasteiger charge is -1.87. The van der Waals surface area contributed by atoms with Crippen molar-refractivity contribution >= 4 is 5.78 Å². The van der Waals surface area contributed by atoms with Crippen LogP contribution in [0.2, 0.25) is 0 Å².